The molecule has 1 amide bonds. The molecule has 1 aromatic heterocycles. The summed E-state index contributed by atoms with van der Waals surface area (Å²) in [5, 5.41) is 3.55. The smallest absolute Gasteiger partial charge is 0.261 e. The predicted molar refractivity (Wildman–Crippen MR) is 126 cm³/mol. The van der Waals surface area contributed by atoms with E-state index in [1.807, 2.05) is 31.2 Å². The number of fused-ring (bicyclic) bond motifs is 1. The van der Waals surface area contributed by atoms with E-state index >= 15 is 0 Å². The number of aromatic nitrogens is 1. The quantitative estimate of drug-likeness (QED) is 0.391. The van der Waals surface area contributed by atoms with Gasteiger partial charge in [-0.2, -0.15) is 0 Å². The summed E-state index contributed by atoms with van der Waals surface area (Å²) >= 11 is 7.69. The molecule has 4 rings (SSSR count). The number of carbonyl (C=O) groups is 1. The number of benzene rings is 3. The molecule has 9 heteroatoms. The molecule has 158 valence electrons. The maximum absolute atomic E-state index is 12.7. The van der Waals surface area contributed by atoms with E-state index in [0.717, 1.165) is 20.8 Å². The second-order valence-corrected chi connectivity index (χ2v) is 10.1. The van der Waals surface area contributed by atoms with Crippen molar-refractivity contribution in [1.29, 1.82) is 0 Å². The van der Waals surface area contributed by atoms with Crippen molar-refractivity contribution in [2.45, 2.75) is 18.7 Å². The number of sulfonamides is 1. The second kappa shape index (κ2) is 8.30. The van der Waals surface area contributed by atoms with Crippen molar-refractivity contribution in [3.05, 3.63) is 71.2 Å². The van der Waals surface area contributed by atoms with Crippen LogP contribution >= 0.6 is 22.9 Å². The number of halogens is 1. The number of aryl methyl sites for hydroxylation is 1. The normalized spacial score (nSPS) is 11.5. The standard InChI is InChI=1S/C22H18ClN3O3S2/c1-13-3-9-20-21(11-13)30-22(25-20)15-4-6-16(7-5-15)26-31(28,29)17-8-10-19(18(23)12-17)24-14(2)27/h3-12,26H,1-2H3,(H,24,27). The van der Waals surface area contributed by atoms with Crippen LogP contribution in [0.25, 0.3) is 20.8 Å². The minimum atomic E-state index is -3.84. The zero-order valence-electron chi connectivity index (χ0n) is 16.6. The summed E-state index contributed by atoms with van der Waals surface area (Å²) in [6.07, 6.45) is 0. The average molecular weight is 472 g/mol. The Morgan fingerprint density at radius 2 is 1.77 bits per heavy atom. The molecule has 2 N–H and O–H groups in total. The number of anilines is 2. The maximum atomic E-state index is 12.7. The number of amides is 1. The van der Waals surface area contributed by atoms with Crippen LogP contribution in [0.2, 0.25) is 5.02 Å². The number of thiazole rings is 1. The highest BCUT2D eigenvalue weighted by Gasteiger charge is 2.17. The number of rotatable bonds is 5. The minimum absolute atomic E-state index is 0.00257. The van der Waals surface area contributed by atoms with E-state index in [0.29, 0.717) is 11.4 Å². The lowest BCUT2D eigenvalue weighted by molar-refractivity contribution is -0.114. The molecular formula is C22H18ClN3O3S2. The molecule has 4 aromatic rings. The summed E-state index contributed by atoms with van der Waals surface area (Å²) < 4.78 is 29.1. The molecule has 0 spiro atoms. The van der Waals surface area contributed by atoms with Gasteiger partial charge in [-0.25, -0.2) is 13.4 Å². The summed E-state index contributed by atoms with van der Waals surface area (Å²) in [5.41, 5.74) is 3.79. The number of hydrogen-bond donors (Lipinski definition) is 2. The van der Waals surface area contributed by atoms with Gasteiger partial charge in [-0.05, 0) is 67.1 Å². The summed E-state index contributed by atoms with van der Waals surface area (Å²) in [4.78, 5) is 15.8. The van der Waals surface area contributed by atoms with E-state index in [1.165, 1.54) is 30.7 Å². The summed E-state index contributed by atoms with van der Waals surface area (Å²) in [7, 11) is -3.84. The first kappa shape index (κ1) is 21.3. The van der Waals surface area contributed by atoms with E-state index in [1.54, 1.807) is 23.5 Å². The van der Waals surface area contributed by atoms with Crippen LogP contribution in [0.4, 0.5) is 11.4 Å². The van der Waals surface area contributed by atoms with Crippen LogP contribution in [0, 0.1) is 6.92 Å². The number of carbonyl (C=O) groups excluding carboxylic acids is 1. The third-order valence-electron chi connectivity index (χ3n) is 4.49. The van der Waals surface area contributed by atoms with Gasteiger partial charge in [0, 0.05) is 18.2 Å². The molecular weight excluding hydrogens is 454 g/mol. The predicted octanol–water partition coefficient (Wildman–Crippen LogP) is 5.68. The molecule has 0 aliphatic heterocycles. The van der Waals surface area contributed by atoms with Crippen molar-refractivity contribution in [3.8, 4) is 10.6 Å². The average Bonchev–Trinajstić information content (AvgIpc) is 3.12. The maximum Gasteiger partial charge on any atom is 0.261 e. The van der Waals surface area contributed by atoms with Gasteiger partial charge in [-0.15, -0.1) is 11.3 Å². The van der Waals surface area contributed by atoms with Crippen LogP contribution < -0.4 is 10.0 Å². The molecule has 31 heavy (non-hydrogen) atoms. The fourth-order valence-electron chi connectivity index (χ4n) is 3.00. The second-order valence-electron chi connectivity index (χ2n) is 7.00. The Labute approximate surface area is 189 Å². The van der Waals surface area contributed by atoms with Crippen molar-refractivity contribution in [3.63, 3.8) is 0 Å². The van der Waals surface area contributed by atoms with Gasteiger partial charge in [0.05, 0.1) is 25.8 Å². The molecule has 1 heterocycles. The first-order valence-corrected chi connectivity index (χ1v) is 12.0. The Bertz CT molecular complexity index is 1400. The Kier molecular flexibility index (Phi) is 5.70. The molecule has 0 saturated carbocycles. The first-order valence-electron chi connectivity index (χ1n) is 9.29. The number of nitrogens with one attached hydrogen (secondary N) is 2. The van der Waals surface area contributed by atoms with E-state index in [4.69, 9.17) is 11.6 Å². The van der Waals surface area contributed by atoms with Crippen molar-refractivity contribution in [1.82, 2.24) is 4.98 Å². The van der Waals surface area contributed by atoms with E-state index in [-0.39, 0.29) is 15.8 Å². The van der Waals surface area contributed by atoms with Crippen molar-refractivity contribution >= 4 is 60.5 Å². The zero-order valence-corrected chi connectivity index (χ0v) is 19.0. The van der Waals surface area contributed by atoms with Crippen LogP contribution in [-0.4, -0.2) is 19.3 Å². The van der Waals surface area contributed by atoms with E-state index in [2.05, 4.69) is 21.1 Å². The van der Waals surface area contributed by atoms with Crippen LogP contribution in [0.1, 0.15) is 12.5 Å². The SMILES string of the molecule is CC(=O)Nc1ccc(S(=O)(=O)Nc2ccc(-c3nc4ccc(C)cc4s3)cc2)cc1Cl. The van der Waals surface area contributed by atoms with Gasteiger partial charge in [-0.1, -0.05) is 17.7 Å². The Hall–Kier alpha value is -2.94. The van der Waals surface area contributed by atoms with Crippen LogP contribution in [0.5, 0.6) is 0 Å². The van der Waals surface area contributed by atoms with Crippen LogP contribution in [-0.2, 0) is 14.8 Å². The highest BCUT2D eigenvalue weighted by Crippen LogP contribution is 2.32. The molecule has 0 saturated heterocycles. The molecule has 0 fully saturated rings. The monoisotopic (exact) mass is 471 g/mol. The summed E-state index contributed by atoms with van der Waals surface area (Å²) in [6.45, 7) is 3.39. The fourth-order valence-corrected chi connectivity index (χ4v) is 5.45. The highest BCUT2D eigenvalue weighted by atomic mass is 35.5. The zero-order chi connectivity index (χ0) is 22.2. The molecule has 0 unspecified atom stereocenters. The molecule has 0 radical (unpaired) electrons. The lowest BCUT2D eigenvalue weighted by atomic mass is 10.2. The Balaban J connectivity index is 1.55. The number of nitrogens with zero attached hydrogens (tertiary/aromatic N) is 1. The molecule has 0 aliphatic carbocycles. The first-order chi connectivity index (χ1) is 14.7. The third kappa shape index (κ3) is 4.71. The van der Waals surface area contributed by atoms with Gasteiger partial charge in [-0.3, -0.25) is 9.52 Å². The lowest BCUT2D eigenvalue weighted by Crippen LogP contribution is -2.13. The lowest BCUT2D eigenvalue weighted by Gasteiger charge is -2.11. The van der Waals surface area contributed by atoms with Gasteiger partial charge in [0.2, 0.25) is 5.91 Å². The highest BCUT2D eigenvalue weighted by molar-refractivity contribution is 7.92. The van der Waals surface area contributed by atoms with E-state index in [9.17, 15) is 13.2 Å². The third-order valence-corrected chi connectivity index (χ3v) is 7.25. The fraction of sp³-hybridized carbons (Fsp3) is 0.0909. The van der Waals surface area contributed by atoms with E-state index < -0.39 is 10.0 Å². The molecule has 0 aliphatic rings. The van der Waals surface area contributed by atoms with Gasteiger partial charge in [0.25, 0.3) is 10.0 Å². The Morgan fingerprint density at radius 3 is 2.45 bits per heavy atom. The van der Waals surface area contributed by atoms with Crippen molar-refractivity contribution in [2.75, 3.05) is 10.0 Å². The largest absolute Gasteiger partial charge is 0.325 e. The van der Waals surface area contributed by atoms with Crippen LogP contribution in [0.3, 0.4) is 0 Å². The van der Waals surface area contributed by atoms with Crippen molar-refractivity contribution in [2.24, 2.45) is 0 Å². The topological polar surface area (TPSA) is 88.2 Å². The summed E-state index contributed by atoms with van der Waals surface area (Å²) in [5.74, 6) is -0.293. The van der Waals surface area contributed by atoms with Gasteiger partial charge >= 0.3 is 0 Å². The van der Waals surface area contributed by atoms with Gasteiger partial charge in [0.15, 0.2) is 0 Å². The van der Waals surface area contributed by atoms with Crippen LogP contribution in [0.15, 0.2) is 65.6 Å². The van der Waals surface area contributed by atoms with Gasteiger partial charge < -0.3 is 5.32 Å². The molecule has 0 atom stereocenters. The summed E-state index contributed by atoms with van der Waals surface area (Å²) in [6, 6.07) is 17.3. The minimum Gasteiger partial charge on any atom is -0.325 e. The van der Waals surface area contributed by atoms with Crippen molar-refractivity contribution < 1.29 is 13.2 Å². The molecule has 0 bridgehead atoms. The molecule has 6 nitrogen and oxygen atoms in total. The van der Waals surface area contributed by atoms with Gasteiger partial charge in [0.1, 0.15) is 5.01 Å². The number of hydrogen-bond acceptors (Lipinski definition) is 5. The Morgan fingerprint density at radius 1 is 1.03 bits per heavy atom. The molecule has 3 aromatic carbocycles.